The Hall–Kier alpha value is -2.29. The van der Waals surface area contributed by atoms with Crippen LogP contribution in [0.4, 0.5) is 0 Å². The summed E-state index contributed by atoms with van der Waals surface area (Å²) in [5, 5.41) is 19.6. The normalized spacial score (nSPS) is 11.0. The van der Waals surface area contributed by atoms with Gasteiger partial charge in [-0.05, 0) is 12.1 Å². The van der Waals surface area contributed by atoms with Crippen molar-refractivity contribution in [2.75, 3.05) is 7.11 Å². The summed E-state index contributed by atoms with van der Waals surface area (Å²) in [7, 11) is 1.39. The number of allylic oxidation sites excluding steroid dienone is 1. The molecule has 7 heteroatoms. The highest BCUT2D eigenvalue weighted by molar-refractivity contribution is 6.37. The van der Waals surface area contributed by atoms with Crippen molar-refractivity contribution in [3.05, 3.63) is 45.8 Å². The van der Waals surface area contributed by atoms with E-state index in [4.69, 9.17) is 27.9 Å². The van der Waals surface area contributed by atoms with Crippen molar-refractivity contribution in [3.8, 4) is 17.7 Å². The van der Waals surface area contributed by atoms with Gasteiger partial charge < -0.3 is 9.84 Å². The first-order valence-corrected chi connectivity index (χ1v) is 6.46. The van der Waals surface area contributed by atoms with Crippen LogP contribution in [0.15, 0.2) is 24.7 Å². The highest BCUT2D eigenvalue weighted by Gasteiger charge is 2.10. The number of ether oxygens (including phenoxy) is 1. The van der Waals surface area contributed by atoms with Gasteiger partial charge in [0.15, 0.2) is 5.75 Å². The maximum Gasteiger partial charge on any atom is 0.256 e. The number of nitriles is 1. The Morgan fingerprint density at radius 3 is 2.52 bits per heavy atom. The predicted octanol–water partition coefficient (Wildman–Crippen LogP) is 3.56. The van der Waals surface area contributed by atoms with Gasteiger partial charge in [0.1, 0.15) is 0 Å². The van der Waals surface area contributed by atoms with Gasteiger partial charge in [0, 0.05) is 29.7 Å². The molecule has 0 aliphatic heterocycles. The summed E-state index contributed by atoms with van der Waals surface area (Å²) in [5.74, 6) is -0.0842. The molecule has 0 radical (unpaired) electrons. The number of pyridine rings is 2. The zero-order valence-corrected chi connectivity index (χ0v) is 12.4. The second-order valence-corrected chi connectivity index (χ2v) is 4.75. The molecule has 0 fully saturated rings. The fourth-order valence-corrected chi connectivity index (χ4v) is 2.10. The maximum absolute atomic E-state index is 9.72. The van der Waals surface area contributed by atoms with Crippen LogP contribution in [0.1, 0.15) is 11.1 Å². The van der Waals surface area contributed by atoms with E-state index in [-0.39, 0.29) is 17.2 Å². The number of hydrogen-bond acceptors (Lipinski definition) is 5. The summed E-state index contributed by atoms with van der Waals surface area (Å²) in [6, 6.07) is 3.40. The molecule has 0 aliphatic carbocycles. The van der Waals surface area contributed by atoms with Crippen LogP contribution in [0.25, 0.3) is 11.6 Å². The summed E-state index contributed by atoms with van der Waals surface area (Å²) in [5.41, 5.74) is 1.13. The standard InChI is InChI=1S/C14H9Cl2N3O2/c1-21-14-13(20)3-9(5-19-14)8(4-17)2-10-11(15)6-18-7-12(10)16/h2-3,5-7,20H,1H3/b8-2+. The Balaban J connectivity index is 2.52. The number of hydrogen-bond donors (Lipinski definition) is 1. The number of aromatic hydroxyl groups is 1. The average Bonchev–Trinajstić information content (AvgIpc) is 2.47. The van der Waals surface area contributed by atoms with E-state index in [2.05, 4.69) is 9.97 Å². The minimum Gasteiger partial charge on any atom is -0.503 e. The van der Waals surface area contributed by atoms with Gasteiger partial charge in [-0.3, -0.25) is 4.98 Å². The molecule has 0 unspecified atom stereocenters. The fraction of sp³-hybridized carbons (Fsp3) is 0.0714. The lowest BCUT2D eigenvalue weighted by atomic mass is 10.1. The Labute approximate surface area is 131 Å². The maximum atomic E-state index is 9.72. The number of halogens is 2. The van der Waals surface area contributed by atoms with Crippen LogP contribution < -0.4 is 4.74 Å². The first-order chi connectivity index (χ1) is 10.1. The molecule has 0 spiro atoms. The largest absolute Gasteiger partial charge is 0.503 e. The molecule has 2 aromatic rings. The molecule has 0 bridgehead atoms. The van der Waals surface area contributed by atoms with E-state index < -0.39 is 0 Å². The van der Waals surface area contributed by atoms with Crippen LogP contribution in [-0.2, 0) is 0 Å². The average molecular weight is 322 g/mol. The third-order valence-corrected chi connectivity index (χ3v) is 3.24. The number of rotatable bonds is 3. The second-order valence-electron chi connectivity index (χ2n) is 3.94. The molecule has 21 heavy (non-hydrogen) atoms. The van der Waals surface area contributed by atoms with Gasteiger partial charge in [-0.25, -0.2) is 4.98 Å². The van der Waals surface area contributed by atoms with Crippen LogP contribution in [0, 0.1) is 11.3 Å². The zero-order chi connectivity index (χ0) is 15.4. The van der Waals surface area contributed by atoms with Gasteiger partial charge in [0.2, 0.25) is 0 Å². The highest BCUT2D eigenvalue weighted by atomic mass is 35.5. The van der Waals surface area contributed by atoms with Crippen molar-refractivity contribution in [2.24, 2.45) is 0 Å². The van der Waals surface area contributed by atoms with Crippen molar-refractivity contribution < 1.29 is 9.84 Å². The first kappa shape index (κ1) is 15.1. The van der Waals surface area contributed by atoms with Crippen LogP contribution in [0.2, 0.25) is 10.0 Å². The van der Waals surface area contributed by atoms with Gasteiger partial charge in [-0.1, -0.05) is 23.2 Å². The molecule has 5 nitrogen and oxygen atoms in total. The van der Waals surface area contributed by atoms with Gasteiger partial charge in [0.05, 0.1) is 28.8 Å². The lowest BCUT2D eigenvalue weighted by molar-refractivity contribution is 0.358. The summed E-state index contributed by atoms with van der Waals surface area (Å²) < 4.78 is 4.86. The van der Waals surface area contributed by atoms with Crippen molar-refractivity contribution in [2.45, 2.75) is 0 Å². The molecule has 1 N–H and O–H groups in total. The quantitative estimate of drug-likeness (QED) is 0.874. The Morgan fingerprint density at radius 2 is 2.00 bits per heavy atom. The minimum absolute atomic E-state index is 0.0796. The van der Waals surface area contributed by atoms with Crippen LogP contribution in [0.5, 0.6) is 11.6 Å². The van der Waals surface area contributed by atoms with E-state index >= 15 is 0 Å². The van der Waals surface area contributed by atoms with Crippen molar-refractivity contribution in [1.82, 2.24) is 9.97 Å². The van der Waals surface area contributed by atoms with E-state index in [0.717, 1.165) is 0 Å². The van der Waals surface area contributed by atoms with Crippen molar-refractivity contribution in [1.29, 1.82) is 5.26 Å². The molecule has 0 aliphatic rings. The highest BCUT2D eigenvalue weighted by Crippen LogP contribution is 2.30. The summed E-state index contributed by atoms with van der Waals surface area (Å²) in [4.78, 5) is 7.75. The van der Waals surface area contributed by atoms with E-state index in [9.17, 15) is 10.4 Å². The van der Waals surface area contributed by atoms with E-state index in [1.54, 1.807) is 0 Å². The minimum atomic E-state index is -0.164. The van der Waals surface area contributed by atoms with E-state index in [1.807, 2.05) is 6.07 Å². The monoisotopic (exact) mass is 321 g/mol. The van der Waals surface area contributed by atoms with Gasteiger partial charge in [0.25, 0.3) is 5.88 Å². The molecular weight excluding hydrogens is 313 g/mol. The molecule has 0 saturated carbocycles. The third kappa shape index (κ3) is 3.24. The van der Waals surface area contributed by atoms with E-state index in [0.29, 0.717) is 21.2 Å². The van der Waals surface area contributed by atoms with Crippen LogP contribution >= 0.6 is 23.2 Å². The molecule has 2 aromatic heterocycles. The van der Waals surface area contributed by atoms with Gasteiger partial charge in [-0.15, -0.1) is 0 Å². The van der Waals surface area contributed by atoms with Crippen molar-refractivity contribution >= 4 is 34.9 Å². The van der Waals surface area contributed by atoms with Gasteiger partial charge in [-0.2, -0.15) is 5.26 Å². The molecule has 0 atom stereocenters. The fourth-order valence-electron chi connectivity index (χ4n) is 1.63. The summed E-state index contributed by atoms with van der Waals surface area (Å²) in [6.45, 7) is 0. The zero-order valence-electron chi connectivity index (χ0n) is 10.8. The molecule has 2 heterocycles. The first-order valence-electron chi connectivity index (χ1n) is 5.71. The summed E-state index contributed by atoms with van der Waals surface area (Å²) in [6.07, 6.45) is 5.78. The van der Waals surface area contributed by atoms with E-state index in [1.165, 1.54) is 37.8 Å². The number of aromatic nitrogens is 2. The number of nitrogens with zero attached hydrogens (tertiary/aromatic N) is 3. The molecule has 0 aromatic carbocycles. The number of methoxy groups -OCH3 is 1. The van der Waals surface area contributed by atoms with Gasteiger partial charge >= 0.3 is 0 Å². The Kier molecular flexibility index (Phi) is 4.63. The molecule has 106 valence electrons. The SMILES string of the molecule is COc1ncc(/C(C#N)=C/c2c(Cl)cncc2Cl)cc1O. The lowest BCUT2D eigenvalue weighted by Crippen LogP contribution is -1.91. The Bertz CT molecular complexity index is 734. The molecular formula is C14H9Cl2N3O2. The lowest BCUT2D eigenvalue weighted by Gasteiger charge is -2.05. The smallest absolute Gasteiger partial charge is 0.256 e. The van der Waals surface area contributed by atoms with Crippen molar-refractivity contribution in [3.63, 3.8) is 0 Å². The van der Waals surface area contributed by atoms with Crippen LogP contribution in [-0.4, -0.2) is 22.2 Å². The molecule has 0 amide bonds. The Morgan fingerprint density at radius 1 is 1.33 bits per heavy atom. The van der Waals surface area contributed by atoms with Crippen LogP contribution in [0.3, 0.4) is 0 Å². The predicted molar refractivity (Wildman–Crippen MR) is 80.2 cm³/mol. The molecule has 2 rings (SSSR count). The summed E-state index contributed by atoms with van der Waals surface area (Å²) >= 11 is 12.0. The topological polar surface area (TPSA) is 79.0 Å². The second kappa shape index (κ2) is 6.44. The third-order valence-electron chi connectivity index (χ3n) is 2.64. The molecule has 0 saturated heterocycles.